The molecule has 7 heteroatoms. The van der Waals surface area contributed by atoms with Crippen LogP contribution in [-0.2, 0) is 0 Å². The molecule has 1 unspecified atom stereocenters. The molecule has 1 aromatic rings. The number of aromatic carboxylic acids is 2. The van der Waals surface area contributed by atoms with Crippen LogP contribution in [0.3, 0.4) is 0 Å². The molecule has 21 heavy (non-hydrogen) atoms. The number of urea groups is 1. The van der Waals surface area contributed by atoms with Gasteiger partial charge in [-0.05, 0) is 30.5 Å². The second kappa shape index (κ2) is 5.82. The molecule has 0 radical (unpaired) electrons. The highest BCUT2D eigenvalue weighted by Gasteiger charge is 2.23. The summed E-state index contributed by atoms with van der Waals surface area (Å²) in [6.45, 7) is 3.31. The Labute approximate surface area is 121 Å². The highest BCUT2D eigenvalue weighted by Crippen LogP contribution is 2.19. The molecule has 2 rings (SSSR count). The predicted molar refractivity (Wildman–Crippen MR) is 74.7 cm³/mol. The van der Waals surface area contributed by atoms with E-state index in [0.29, 0.717) is 19.0 Å². The summed E-state index contributed by atoms with van der Waals surface area (Å²) in [4.78, 5) is 35.7. The number of benzene rings is 1. The quantitative estimate of drug-likeness (QED) is 0.789. The molecule has 1 saturated heterocycles. The maximum Gasteiger partial charge on any atom is 0.335 e. The summed E-state index contributed by atoms with van der Waals surface area (Å²) in [6, 6.07) is 3.19. The number of hydrogen-bond donors (Lipinski definition) is 3. The standard InChI is InChI=1S/C14H16N2O5/c1-8-2-3-16(7-8)14(21)15-11-5-9(12(17)18)4-10(6-11)13(19)20/h4-6,8H,2-3,7H2,1H3,(H,15,21)(H,17,18)(H,19,20). The van der Waals surface area contributed by atoms with Crippen molar-refractivity contribution in [1.82, 2.24) is 4.90 Å². The van der Waals surface area contributed by atoms with Crippen molar-refractivity contribution in [2.75, 3.05) is 18.4 Å². The van der Waals surface area contributed by atoms with Crippen LogP contribution in [0.5, 0.6) is 0 Å². The average molecular weight is 292 g/mol. The number of carboxylic acids is 2. The lowest BCUT2D eigenvalue weighted by atomic mass is 10.1. The number of carboxylic acid groups (broad SMARTS) is 2. The van der Waals surface area contributed by atoms with Gasteiger partial charge in [0.1, 0.15) is 0 Å². The smallest absolute Gasteiger partial charge is 0.335 e. The first kappa shape index (κ1) is 14.8. The molecule has 2 amide bonds. The fourth-order valence-electron chi connectivity index (χ4n) is 2.27. The highest BCUT2D eigenvalue weighted by atomic mass is 16.4. The van der Waals surface area contributed by atoms with Crippen molar-refractivity contribution in [1.29, 1.82) is 0 Å². The number of nitrogens with zero attached hydrogens (tertiary/aromatic N) is 1. The van der Waals surface area contributed by atoms with Gasteiger partial charge in [-0.2, -0.15) is 0 Å². The Bertz CT molecular complexity index is 567. The Balaban J connectivity index is 2.20. The van der Waals surface area contributed by atoms with E-state index in [1.165, 1.54) is 12.1 Å². The highest BCUT2D eigenvalue weighted by molar-refractivity contribution is 5.98. The molecule has 1 fully saturated rings. The largest absolute Gasteiger partial charge is 0.478 e. The first-order valence-electron chi connectivity index (χ1n) is 6.54. The molecule has 0 aliphatic carbocycles. The van der Waals surface area contributed by atoms with Crippen LogP contribution in [0, 0.1) is 5.92 Å². The minimum absolute atomic E-state index is 0.164. The minimum atomic E-state index is -1.25. The fourth-order valence-corrected chi connectivity index (χ4v) is 2.27. The van der Waals surface area contributed by atoms with Gasteiger partial charge < -0.3 is 20.4 Å². The number of carbonyl (C=O) groups excluding carboxylic acids is 1. The zero-order valence-corrected chi connectivity index (χ0v) is 11.5. The van der Waals surface area contributed by atoms with Gasteiger partial charge in [-0.15, -0.1) is 0 Å². The van der Waals surface area contributed by atoms with Crippen LogP contribution >= 0.6 is 0 Å². The van der Waals surface area contributed by atoms with Crippen LogP contribution in [0.2, 0.25) is 0 Å². The zero-order chi connectivity index (χ0) is 15.6. The van der Waals surface area contributed by atoms with Crippen molar-refractivity contribution in [2.45, 2.75) is 13.3 Å². The SMILES string of the molecule is CC1CCN(C(=O)Nc2cc(C(=O)O)cc(C(=O)O)c2)C1. The lowest BCUT2D eigenvalue weighted by Gasteiger charge is -2.17. The van der Waals surface area contributed by atoms with Crippen LogP contribution < -0.4 is 5.32 Å². The third-order valence-electron chi connectivity index (χ3n) is 3.39. The zero-order valence-electron chi connectivity index (χ0n) is 11.5. The van der Waals surface area contributed by atoms with Gasteiger partial charge in [0.2, 0.25) is 0 Å². The first-order valence-corrected chi connectivity index (χ1v) is 6.54. The summed E-state index contributed by atoms with van der Waals surface area (Å²) in [6.07, 6.45) is 0.920. The van der Waals surface area contributed by atoms with Gasteiger partial charge in [0.25, 0.3) is 0 Å². The summed E-state index contributed by atoms with van der Waals surface area (Å²) in [5.41, 5.74) is -0.197. The fraction of sp³-hybridized carbons (Fsp3) is 0.357. The summed E-state index contributed by atoms with van der Waals surface area (Å²) in [5.74, 6) is -2.07. The van der Waals surface area contributed by atoms with Crippen LogP contribution in [0.4, 0.5) is 10.5 Å². The van der Waals surface area contributed by atoms with E-state index >= 15 is 0 Å². The Morgan fingerprint density at radius 2 is 1.71 bits per heavy atom. The molecule has 0 aromatic heterocycles. The second-order valence-electron chi connectivity index (χ2n) is 5.18. The van der Waals surface area contributed by atoms with Crippen molar-refractivity contribution >= 4 is 23.7 Å². The van der Waals surface area contributed by atoms with Crippen molar-refractivity contribution in [3.63, 3.8) is 0 Å². The number of nitrogens with one attached hydrogen (secondary N) is 1. The van der Waals surface area contributed by atoms with E-state index in [1.54, 1.807) is 4.90 Å². The molecule has 0 saturated carbocycles. The van der Waals surface area contributed by atoms with Gasteiger partial charge in [-0.1, -0.05) is 6.92 Å². The maximum absolute atomic E-state index is 12.0. The van der Waals surface area contributed by atoms with Crippen molar-refractivity contribution < 1.29 is 24.6 Å². The van der Waals surface area contributed by atoms with Crippen LogP contribution in [0.25, 0.3) is 0 Å². The first-order chi connectivity index (χ1) is 9.86. The third kappa shape index (κ3) is 3.50. The average Bonchev–Trinajstić information content (AvgIpc) is 2.85. The van der Waals surface area contributed by atoms with E-state index < -0.39 is 11.9 Å². The van der Waals surface area contributed by atoms with Crippen LogP contribution in [0.1, 0.15) is 34.1 Å². The van der Waals surface area contributed by atoms with Gasteiger partial charge >= 0.3 is 18.0 Å². The second-order valence-corrected chi connectivity index (χ2v) is 5.18. The van der Waals surface area contributed by atoms with Gasteiger partial charge in [-0.3, -0.25) is 0 Å². The molecule has 1 heterocycles. The molecule has 0 bridgehead atoms. The molecule has 7 nitrogen and oxygen atoms in total. The van der Waals surface area contributed by atoms with Gasteiger partial charge in [-0.25, -0.2) is 14.4 Å². The van der Waals surface area contributed by atoms with E-state index in [0.717, 1.165) is 12.5 Å². The number of amides is 2. The summed E-state index contributed by atoms with van der Waals surface area (Å²) >= 11 is 0. The number of hydrogen-bond acceptors (Lipinski definition) is 3. The monoisotopic (exact) mass is 292 g/mol. The van der Waals surface area contributed by atoms with Crippen molar-refractivity contribution in [3.8, 4) is 0 Å². The third-order valence-corrected chi connectivity index (χ3v) is 3.39. The van der Waals surface area contributed by atoms with E-state index in [4.69, 9.17) is 10.2 Å². The lowest BCUT2D eigenvalue weighted by Crippen LogP contribution is -2.32. The topological polar surface area (TPSA) is 107 Å². The Morgan fingerprint density at radius 3 is 2.14 bits per heavy atom. The molecule has 1 atom stereocenters. The van der Waals surface area contributed by atoms with Crippen molar-refractivity contribution in [2.24, 2.45) is 5.92 Å². The van der Waals surface area contributed by atoms with Crippen molar-refractivity contribution in [3.05, 3.63) is 29.3 Å². The molecule has 1 aliphatic heterocycles. The number of anilines is 1. The molecule has 0 spiro atoms. The molecular weight excluding hydrogens is 276 g/mol. The Kier molecular flexibility index (Phi) is 4.11. The number of carbonyl (C=O) groups is 3. The van der Waals surface area contributed by atoms with Crippen LogP contribution in [0.15, 0.2) is 18.2 Å². The molecule has 3 N–H and O–H groups in total. The van der Waals surface area contributed by atoms with E-state index in [1.807, 2.05) is 6.92 Å². The van der Waals surface area contributed by atoms with E-state index in [-0.39, 0.29) is 22.8 Å². The van der Waals surface area contributed by atoms with Gasteiger partial charge in [0.05, 0.1) is 11.1 Å². The summed E-state index contributed by atoms with van der Waals surface area (Å²) < 4.78 is 0. The normalized spacial score (nSPS) is 17.6. The Morgan fingerprint density at radius 1 is 1.14 bits per heavy atom. The molecule has 112 valence electrons. The molecular formula is C14H16N2O5. The molecule has 1 aromatic carbocycles. The van der Waals surface area contributed by atoms with Gasteiger partial charge in [0.15, 0.2) is 0 Å². The number of rotatable bonds is 3. The van der Waals surface area contributed by atoms with Crippen LogP contribution in [-0.4, -0.2) is 46.2 Å². The number of likely N-dealkylation sites (tertiary alicyclic amines) is 1. The summed E-state index contributed by atoms with van der Waals surface area (Å²) in [5, 5.41) is 20.5. The maximum atomic E-state index is 12.0. The predicted octanol–water partition coefficient (Wildman–Crippen LogP) is 1.96. The van der Waals surface area contributed by atoms with Gasteiger partial charge in [0, 0.05) is 18.8 Å². The lowest BCUT2D eigenvalue weighted by molar-refractivity contribution is 0.0696. The Hall–Kier alpha value is -2.57. The van der Waals surface area contributed by atoms with E-state index in [9.17, 15) is 14.4 Å². The molecule has 1 aliphatic rings. The van der Waals surface area contributed by atoms with E-state index in [2.05, 4.69) is 5.32 Å². The minimum Gasteiger partial charge on any atom is -0.478 e. The summed E-state index contributed by atoms with van der Waals surface area (Å²) in [7, 11) is 0.